The molecular weight excluding hydrogens is 190 g/mol. The largest absolute Gasteiger partial charge is 0.367 e. The number of carbonyl (C=O) groups excluding carboxylic acids is 1. The first kappa shape index (κ1) is 9.96. The van der Waals surface area contributed by atoms with Gasteiger partial charge in [-0.1, -0.05) is 6.07 Å². The number of anilines is 1. The molecule has 2 rings (SSSR count). The van der Waals surface area contributed by atoms with Crippen LogP contribution in [-0.4, -0.2) is 35.4 Å². The van der Waals surface area contributed by atoms with Crippen molar-refractivity contribution in [3.63, 3.8) is 0 Å². The topological polar surface area (TPSA) is 45.2 Å². The number of nitrogens with zero attached hydrogens (tertiary/aromatic N) is 2. The SMILES string of the molecule is O=CN1CCC(Nc2ccccn2)CC1. The van der Waals surface area contributed by atoms with Gasteiger partial charge in [-0.2, -0.15) is 0 Å². The molecule has 0 atom stereocenters. The first-order chi connectivity index (χ1) is 7.38. The normalized spacial score (nSPS) is 17.5. The number of hydrogen-bond acceptors (Lipinski definition) is 3. The van der Waals surface area contributed by atoms with Gasteiger partial charge in [0.1, 0.15) is 5.82 Å². The van der Waals surface area contributed by atoms with Crippen molar-refractivity contribution in [1.82, 2.24) is 9.88 Å². The van der Waals surface area contributed by atoms with E-state index in [1.165, 1.54) is 0 Å². The Bertz CT molecular complexity index is 307. The van der Waals surface area contributed by atoms with Gasteiger partial charge in [0.05, 0.1) is 0 Å². The van der Waals surface area contributed by atoms with E-state index in [1.807, 2.05) is 23.1 Å². The van der Waals surface area contributed by atoms with Crippen molar-refractivity contribution in [3.8, 4) is 0 Å². The maximum absolute atomic E-state index is 10.5. The molecule has 1 saturated heterocycles. The van der Waals surface area contributed by atoms with Crippen molar-refractivity contribution in [2.45, 2.75) is 18.9 Å². The number of pyridine rings is 1. The molecule has 2 heterocycles. The first-order valence-corrected chi connectivity index (χ1v) is 5.25. The molecule has 0 bridgehead atoms. The Morgan fingerprint density at radius 2 is 2.20 bits per heavy atom. The number of amides is 1. The van der Waals surface area contributed by atoms with Crippen LogP contribution in [0.4, 0.5) is 5.82 Å². The number of hydrogen-bond donors (Lipinski definition) is 1. The highest BCUT2D eigenvalue weighted by atomic mass is 16.1. The van der Waals surface area contributed by atoms with Crippen molar-refractivity contribution < 1.29 is 4.79 Å². The number of carbonyl (C=O) groups is 1. The van der Waals surface area contributed by atoms with E-state index in [0.717, 1.165) is 38.2 Å². The molecule has 80 valence electrons. The number of likely N-dealkylation sites (tertiary alicyclic amines) is 1. The lowest BCUT2D eigenvalue weighted by molar-refractivity contribution is -0.118. The summed E-state index contributed by atoms with van der Waals surface area (Å²) in [6.07, 6.45) is 4.70. The van der Waals surface area contributed by atoms with Crippen molar-refractivity contribution in [2.24, 2.45) is 0 Å². The van der Waals surface area contributed by atoms with E-state index in [-0.39, 0.29) is 0 Å². The summed E-state index contributed by atoms with van der Waals surface area (Å²) in [4.78, 5) is 16.6. The Morgan fingerprint density at radius 3 is 2.80 bits per heavy atom. The molecule has 0 aromatic carbocycles. The zero-order chi connectivity index (χ0) is 10.5. The minimum Gasteiger partial charge on any atom is -0.367 e. The van der Waals surface area contributed by atoms with Gasteiger partial charge in [0, 0.05) is 25.3 Å². The molecule has 1 fully saturated rings. The molecule has 4 heteroatoms. The summed E-state index contributed by atoms with van der Waals surface area (Å²) in [5.74, 6) is 0.919. The second kappa shape index (κ2) is 4.77. The Morgan fingerprint density at radius 1 is 1.40 bits per heavy atom. The van der Waals surface area contributed by atoms with E-state index in [4.69, 9.17) is 0 Å². The van der Waals surface area contributed by atoms with Gasteiger partial charge >= 0.3 is 0 Å². The number of nitrogens with one attached hydrogen (secondary N) is 1. The fourth-order valence-corrected chi connectivity index (χ4v) is 1.81. The van der Waals surface area contributed by atoms with Crippen LogP contribution in [0, 0.1) is 0 Å². The highest BCUT2D eigenvalue weighted by Gasteiger charge is 2.17. The molecule has 1 N–H and O–H groups in total. The average molecular weight is 205 g/mol. The third-order valence-electron chi connectivity index (χ3n) is 2.70. The van der Waals surface area contributed by atoms with E-state index in [1.54, 1.807) is 6.20 Å². The maximum atomic E-state index is 10.5. The molecule has 1 aliphatic heterocycles. The van der Waals surface area contributed by atoms with Crippen LogP contribution in [-0.2, 0) is 4.79 Å². The average Bonchev–Trinajstić information content (AvgIpc) is 2.31. The first-order valence-electron chi connectivity index (χ1n) is 5.25. The summed E-state index contributed by atoms with van der Waals surface area (Å²) in [6, 6.07) is 6.28. The minimum atomic E-state index is 0.441. The predicted molar refractivity (Wildman–Crippen MR) is 58.5 cm³/mol. The summed E-state index contributed by atoms with van der Waals surface area (Å²) < 4.78 is 0. The fraction of sp³-hybridized carbons (Fsp3) is 0.455. The lowest BCUT2D eigenvalue weighted by atomic mass is 10.1. The van der Waals surface area contributed by atoms with E-state index < -0.39 is 0 Å². The van der Waals surface area contributed by atoms with Crippen LogP contribution in [0.25, 0.3) is 0 Å². The van der Waals surface area contributed by atoms with Crippen molar-refractivity contribution in [2.75, 3.05) is 18.4 Å². The molecule has 0 saturated carbocycles. The smallest absolute Gasteiger partial charge is 0.209 e. The van der Waals surface area contributed by atoms with Crippen LogP contribution in [0.5, 0.6) is 0 Å². The standard InChI is InChI=1S/C11H15N3O/c15-9-14-7-4-10(5-8-14)13-11-3-1-2-6-12-11/h1-3,6,9-10H,4-5,7-8H2,(H,12,13). The Kier molecular flexibility index (Phi) is 3.17. The van der Waals surface area contributed by atoms with Crippen LogP contribution in [0.2, 0.25) is 0 Å². The highest BCUT2D eigenvalue weighted by molar-refractivity contribution is 5.47. The summed E-state index contributed by atoms with van der Waals surface area (Å²) in [7, 11) is 0. The molecule has 1 aromatic heterocycles. The second-order valence-electron chi connectivity index (χ2n) is 3.77. The Labute approximate surface area is 89.3 Å². The number of piperidine rings is 1. The molecular formula is C11H15N3O. The summed E-state index contributed by atoms with van der Waals surface area (Å²) >= 11 is 0. The minimum absolute atomic E-state index is 0.441. The fourth-order valence-electron chi connectivity index (χ4n) is 1.81. The van der Waals surface area contributed by atoms with Crippen LogP contribution < -0.4 is 5.32 Å². The van der Waals surface area contributed by atoms with E-state index in [9.17, 15) is 4.79 Å². The molecule has 0 spiro atoms. The molecule has 0 unspecified atom stereocenters. The van der Waals surface area contributed by atoms with Gasteiger partial charge in [-0.05, 0) is 25.0 Å². The van der Waals surface area contributed by atoms with Crippen molar-refractivity contribution >= 4 is 12.2 Å². The molecule has 1 aliphatic rings. The molecule has 0 radical (unpaired) electrons. The van der Waals surface area contributed by atoms with Crippen LogP contribution in [0.1, 0.15) is 12.8 Å². The lowest BCUT2D eigenvalue weighted by Gasteiger charge is -2.29. The molecule has 4 nitrogen and oxygen atoms in total. The van der Waals surface area contributed by atoms with E-state index in [0.29, 0.717) is 6.04 Å². The monoisotopic (exact) mass is 205 g/mol. The quantitative estimate of drug-likeness (QED) is 0.752. The van der Waals surface area contributed by atoms with Crippen LogP contribution >= 0.6 is 0 Å². The van der Waals surface area contributed by atoms with E-state index in [2.05, 4.69) is 10.3 Å². The Hall–Kier alpha value is -1.58. The molecule has 1 aromatic rings. The summed E-state index contributed by atoms with van der Waals surface area (Å²) in [5.41, 5.74) is 0. The van der Waals surface area contributed by atoms with Gasteiger partial charge < -0.3 is 10.2 Å². The second-order valence-corrected chi connectivity index (χ2v) is 3.77. The number of rotatable bonds is 3. The third kappa shape index (κ3) is 2.68. The third-order valence-corrected chi connectivity index (χ3v) is 2.70. The van der Waals surface area contributed by atoms with Crippen molar-refractivity contribution in [3.05, 3.63) is 24.4 Å². The predicted octanol–water partition coefficient (Wildman–Crippen LogP) is 1.11. The highest BCUT2D eigenvalue weighted by Crippen LogP contribution is 2.13. The van der Waals surface area contributed by atoms with E-state index >= 15 is 0 Å². The molecule has 15 heavy (non-hydrogen) atoms. The lowest BCUT2D eigenvalue weighted by Crippen LogP contribution is -2.38. The van der Waals surface area contributed by atoms with Crippen molar-refractivity contribution in [1.29, 1.82) is 0 Å². The van der Waals surface area contributed by atoms with Gasteiger partial charge in [0.25, 0.3) is 0 Å². The van der Waals surface area contributed by atoms with Gasteiger partial charge in [-0.3, -0.25) is 4.79 Å². The summed E-state index contributed by atoms with van der Waals surface area (Å²) in [6.45, 7) is 1.68. The zero-order valence-corrected chi connectivity index (χ0v) is 8.60. The van der Waals surface area contributed by atoms with Gasteiger partial charge in [-0.25, -0.2) is 4.98 Å². The Balaban J connectivity index is 1.85. The van der Waals surface area contributed by atoms with Gasteiger partial charge in [0.2, 0.25) is 6.41 Å². The summed E-state index contributed by atoms with van der Waals surface area (Å²) in [5, 5.41) is 3.37. The molecule has 0 aliphatic carbocycles. The zero-order valence-electron chi connectivity index (χ0n) is 8.60. The van der Waals surface area contributed by atoms with Crippen LogP contribution in [0.3, 0.4) is 0 Å². The van der Waals surface area contributed by atoms with Gasteiger partial charge in [-0.15, -0.1) is 0 Å². The maximum Gasteiger partial charge on any atom is 0.209 e. The van der Waals surface area contributed by atoms with Gasteiger partial charge in [0.15, 0.2) is 0 Å². The number of aromatic nitrogens is 1. The molecule has 1 amide bonds. The van der Waals surface area contributed by atoms with Crippen LogP contribution in [0.15, 0.2) is 24.4 Å².